The largest absolute Gasteiger partial charge is 0.495 e. The number of methoxy groups -OCH3 is 1. The summed E-state index contributed by atoms with van der Waals surface area (Å²) in [4.78, 5) is 2.05. The van der Waals surface area contributed by atoms with E-state index in [2.05, 4.69) is 0 Å². The Balaban J connectivity index is 2.46. The molecule has 0 spiro atoms. The fourth-order valence-corrected chi connectivity index (χ4v) is 2.43. The predicted molar refractivity (Wildman–Crippen MR) is 82.1 cm³/mol. The minimum absolute atomic E-state index is 0.412. The molecule has 2 rings (SSSR count). The van der Waals surface area contributed by atoms with E-state index in [1.807, 2.05) is 54.4 Å². The van der Waals surface area contributed by atoms with Crippen molar-refractivity contribution in [1.82, 2.24) is 0 Å². The molecule has 0 atom stereocenters. The summed E-state index contributed by atoms with van der Waals surface area (Å²) >= 11 is 12.0. The van der Waals surface area contributed by atoms with Gasteiger partial charge in [-0.05, 0) is 35.9 Å². The molecule has 2 aromatic carbocycles. The molecule has 0 N–H and O–H groups in total. The van der Waals surface area contributed by atoms with Gasteiger partial charge in [-0.1, -0.05) is 23.7 Å². The fraction of sp³-hybridized carbons (Fsp3) is 0.200. The van der Waals surface area contributed by atoms with Gasteiger partial charge in [-0.25, -0.2) is 0 Å². The van der Waals surface area contributed by atoms with Crippen molar-refractivity contribution in [2.45, 2.75) is 5.88 Å². The molecule has 0 bridgehead atoms. The number of alkyl halides is 1. The molecular weight excluding hydrogens is 281 g/mol. The molecule has 2 nitrogen and oxygen atoms in total. The van der Waals surface area contributed by atoms with Crippen LogP contribution < -0.4 is 9.64 Å². The second kappa shape index (κ2) is 6.18. The average molecular weight is 296 g/mol. The molecule has 0 radical (unpaired) electrons. The van der Waals surface area contributed by atoms with Crippen LogP contribution in [0.3, 0.4) is 0 Å². The van der Waals surface area contributed by atoms with E-state index in [9.17, 15) is 0 Å². The van der Waals surface area contributed by atoms with Crippen LogP contribution in [0.5, 0.6) is 5.75 Å². The molecule has 0 fully saturated rings. The Kier molecular flexibility index (Phi) is 4.56. The van der Waals surface area contributed by atoms with Crippen molar-refractivity contribution >= 4 is 34.6 Å². The van der Waals surface area contributed by atoms with Crippen LogP contribution in [0.2, 0.25) is 5.02 Å². The zero-order valence-corrected chi connectivity index (χ0v) is 12.4. The van der Waals surface area contributed by atoms with E-state index in [1.165, 1.54) is 0 Å². The van der Waals surface area contributed by atoms with Crippen LogP contribution in [0, 0.1) is 0 Å². The molecule has 0 aliphatic heterocycles. The van der Waals surface area contributed by atoms with Crippen molar-refractivity contribution in [1.29, 1.82) is 0 Å². The number of halogens is 2. The van der Waals surface area contributed by atoms with Crippen LogP contribution in [-0.2, 0) is 5.88 Å². The standard InChI is InChI=1S/C15H15Cl2NO/c1-18(14-5-3-4-6-15(14)19-2)13-8-7-12(17)9-11(13)10-16/h3-9H,10H2,1-2H3. The van der Waals surface area contributed by atoms with Gasteiger partial charge in [0.05, 0.1) is 12.8 Å². The SMILES string of the molecule is COc1ccccc1N(C)c1ccc(Cl)cc1CCl. The minimum Gasteiger partial charge on any atom is -0.495 e. The lowest BCUT2D eigenvalue weighted by Gasteiger charge is -2.24. The molecule has 0 aromatic heterocycles. The van der Waals surface area contributed by atoms with Gasteiger partial charge < -0.3 is 9.64 Å². The Hall–Kier alpha value is -1.38. The van der Waals surface area contributed by atoms with Gasteiger partial charge >= 0.3 is 0 Å². The number of rotatable bonds is 4. The molecule has 0 amide bonds. The third kappa shape index (κ3) is 2.96. The van der Waals surface area contributed by atoms with E-state index in [4.69, 9.17) is 27.9 Å². The summed E-state index contributed by atoms with van der Waals surface area (Å²) in [6.45, 7) is 0. The van der Waals surface area contributed by atoms with Crippen molar-refractivity contribution in [2.75, 3.05) is 19.1 Å². The lowest BCUT2D eigenvalue weighted by atomic mass is 10.1. The van der Waals surface area contributed by atoms with Gasteiger partial charge in [0, 0.05) is 23.6 Å². The van der Waals surface area contributed by atoms with E-state index in [1.54, 1.807) is 7.11 Å². The highest BCUT2D eigenvalue weighted by molar-refractivity contribution is 6.30. The highest BCUT2D eigenvalue weighted by Gasteiger charge is 2.12. The Bertz CT molecular complexity index is 572. The van der Waals surface area contributed by atoms with Gasteiger partial charge in [0.2, 0.25) is 0 Å². The number of benzene rings is 2. The third-order valence-corrected chi connectivity index (χ3v) is 3.52. The average Bonchev–Trinajstić information content (AvgIpc) is 2.46. The molecule has 0 heterocycles. The first-order valence-electron chi connectivity index (χ1n) is 5.88. The monoisotopic (exact) mass is 295 g/mol. The van der Waals surface area contributed by atoms with Gasteiger partial charge in [-0.15, -0.1) is 11.6 Å². The van der Waals surface area contributed by atoms with E-state index >= 15 is 0 Å². The molecular formula is C15H15Cl2NO. The summed E-state index contributed by atoms with van der Waals surface area (Å²) in [5.74, 6) is 1.23. The molecule has 0 aliphatic rings. The molecule has 100 valence electrons. The summed E-state index contributed by atoms with van der Waals surface area (Å²) in [7, 11) is 3.65. The smallest absolute Gasteiger partial charge is 0.142 e. The van der Waals surface area contributed by atoms with E-state index in [0.717, 1.165) is 22.7 Å². The predicted octanol–water partition coefficient (Wildman–Crippen LogP) is 4.86. The van der Waals surface area contributed by atoms with Gasteiger partial charge in [-0.2, -0.15) is 0 Å². The first-order chi connectivity index (χ1) is 9.17. The fourth-order valence-electron chi connectivity index (χ4n) is 2.02. The van der Waals surface area contributed by atoms with Crippen molar-refractivity contribution in [3.05, 3.63) is 53.1 Å². The lowest BCUT2D eigenvalue weighted by Crippen LogP contribution is -2.12. The van der Waals surface area contributed by atoms with Gasteiger partial charge in [0.25, 0.3) is 0 Å². The second-order valence-corrected chi connectivity index (χ2v) is 4.84. The summed E-state index contributed by atoms with van der Waals surface area (Å²) in [5, 5.41) is 0.688. The van der Waals surface area contributed by atoms with Crippen molar-refractivity contribution in [2.24, 2.45) is 0 Å². The third-order valence-electron chi connectivity index (χ3n) is 2.99. The second-order valence-electron chi connectivity index (χ2n) is 4.14. The van der Waals surface area contributed by atoms with E-state index in [0.29, 0.717) is 10.9 Å². The van der Waals surface area contributed by atoms with Crippen molar-refractivity contribution in [3.8, 4) is 5.75 Å². The molecule has 0 saturated heterocycles. The molecule has 2 aromatic rings. The zero-order valence-electron chi connectivity index (χ0n) is 10.9. The zero-order chi connectivity index (χ0) is 13.8. The maximum absolute atomic E-state index is 6.00. The Morgan fingerprint density at radius 2 is 1.84 bits per heavy atom. The van der Waals surface area contributed by atoms with Crippen LogP contribution in [0.4, 0.5) is 11.4 Å². The maximum atomic E-state index is 6.00. The van der Waals surface area contributed by atoms with E-state index in [-0.39, 0.29) is 0 Å². The lowest BCUT2D eigenvalue weighted by molar-refractivity contribution is 0.415. The molecule has 4 heteroatoms. The first kappa shape index (κ1) is 14.0. The molecule has 0 aliphatic carbocycles. The number of para-hydroxylation sites is 2. The number of anilines is 2. The van der Waals surface area contributed by atoms with Crippen molar-refractivity contribution in [3.63, 3.8) is 0 Å². The van der Waals surface area contributed by atoms with Crippen molar-refractivity contribution < 1.29 is 4.74 Å². The van der Waals surface area contributed by atoms with E-state index < -0.39 is 0 Å². The summed E-state index contributed by atoms with van der Waals surface area (Å²) in [6.07, 6.45) is 0. The molecule has 0 saturated carbocycles. The van der Waals surface area contributed by atoms with Crippen LogP contribution in [-0.4, -0.2) is 14.2 Å². The highest BCUT2D eigenvalue weighted by atomic mass is 35.5. The number of nitrogens with zero attached hydrogens (tertiary/aromatic N) is 1. The molecule has 19 heavy (non-hydrogen) atoms. The minimum atomic E-state index is 0.412. The quantitative estimate of drug-likeness (QED) is 0.747. The number of hydrogen-bond acceptors (Lipinski definition) is 2. The van der Waals surface area contributed by atoms with Gasteiger partial charge in [0.1, 0.15) is 5.75 Å². The number of ether oxygens (including phenoxy) is 1. The Labute approximate surface area is 123 Å². The Morgan fingerprint density at radius 1 is 1.11 bits per heavy atom. The Morgan fingerprint density at radius 3 is 2.53 bits per heavy atom. The first-order valence-corrected chi connectivity index (χ1v) is 6.79. The molecule has 0 unspecified atom stereocenters. The summed E-state index contributed by atoms with van der Waals surface area (Å²) in [5.41, 5.74) is 2.99. The van der Waals surface area contributed by atoms with Crippen LogP contribution >= 0.6 is 23.2 Å². The normalized spacial score (nSPS) is 10.3. The highest BCUT2D eigenvalue weighted by Crippen LogP contribution is 2.35. The summed E-state index contributed by atoms with van der Waals surface area (Å²) in [6, 6.07) is 13.6. The van der Waals surface area contributed by atoms with Crippen LogP contribution in [0.25, 0.3) is 0 Å². The topological polar surface area (TPSA) is 12.5 Å². The van der Waals surface area contributed by atoms with Crippen LogP contribution in [0.15, 0.2) is 42.5 Å². The maximum Gasteiger partial charge on any atom is 0.142 e. The number of hydrogen-bond donors (Lipinski definition) is 0. The van der Waals surface area contributed by atoms with Crippen LogP contribution in [0.1, 0.15) is 5.56 Å². The van der Waals surface area contributed by atoms with Gasteiger partial charge in [-0.3, -0.25) is 0 Å². The van der Waals surface area contributed by atoms with Gasteiger partial charge in [0.15, 0.2) is 0 Å². The summed E-state index contributed by atoms with van der Waals surface area (Å²) < 4.78 is 5.38.